The second kappa shape index (κ2) is 6.42. The van der Waals surface area contributed by atoms with Crippen molar-refractivity contribution in [3.63, 3.8) is 0 Å². The minimum atomic E-state index is -0.447. The Morgan fingerprint density at radius 3 is 2.36 bits per heavy atom. The molecule has 1 amide bonds. The van der Waals surface area contributed by atoms with Gasteiger partial charge in [-0.2, -0.15) is 0 Å². The van der Waals surface area contributed by atoms with Crippen molar-refractivity contribution in [1.29, 1.82) is 0 Å². The van der Waals surface area contributed by atoms with Crippen molar-refractivity contribution in [2.24, 2.45) is 0 Å². The third-order valence-corrected chi connectivity index (χ3v) is 3.59. The molecule has 1 fully saturated rings. The van der Waals surface area contributed by atoms with Gasteiger partial charge in [0.15, 0.2) is 0 Å². The van der Waals surface area contributed by atoms with Crippen molar-refractivity contribution in [3.05, 3.63) is 17.8 Å². The van der Waals surface area contributed by atoms with Gasteiger partial charge in [0, 0.05) is 33.2 Å². The molecular formula is C16H26N4O2. The first-order chi connectivity index (χ1) is 10.3. The van der Waals surface area contributed by atoms with E-state index in [1.807, 2.05) is 40.8 Å². The number of rotatable bonds is 2. The number of anilines is 2. The van der Waals surface area contributed by atoms with Gasteiger partial charge in [-0.1, -0.05) is 0 Å². The number of carbonyl (C=O) groups is 1. The van der Waals surface area contributed by atoms with E-state index in [1.54, 1.807) is 4.90 Å². The fourth-order valence-electron chi connectivity index (χ4n) is 2.48. The van der Waals surface area contributed by atoms with Crippen LogP contribution in [0, 0.1) is 6.92 Å². The van der Waals surface area contributed by atoms with Crippen molar-refractivity contribution in [2.75, 3.05) is 43.4 Å². The summed E-state index contributed by atoms with van der Waals surface area (Å²) in [7, 11) is 1.86. The summed E-state index contributed by atoms with van der Waals surface area (Å²) >= 11 is 0. The molecule has 0 radical (unpaired) electrons. The SMILES string of the molecule is CNc1ccc(N2CCN(C(=O)OC(C)(C)C)CC2)c(C)n1. The molecule has 1 aliphatic heterocycles. The third-order valence-electron chi connectivity index (χ3n) is 3.59. The standard InChI is InChI=1S/C16H26N4O2/c1-12-13(6-7-14(17-5)18-12)19-8-10-20(11-9-19)15(21)22-16(2,3)4/h6-7H,8-11H2,1-5H3,(H,17,18). The van der Waals surface area contributed by atoms with Crippen molar-refractivity contribution in [3.8, 4) is 0 Å². The average molecular weight is 306 g/mol. The molecule has 0 saturated carbocycles. The molecule has 0 bridgehead atoms. The highest BCUT2D eigenvalue weighted by molar-refractivity contribution is 5.68. The number of amides is 1. The van der Waals surface area contributed by atoms with E-state index >= 15 is 0 Å². The smallest absolute Gasteiger partial charge is 0.410 e. The van der Waals surface area contributed by atoms with Crippen LogP contribution in [0.5, 0.6) is 0 Å². The predicted octanol–water partition coefficient (Wildman–Crippen LogP) is 2.49. The molecule has 22 heavy (non-hydrogen) atoms. The zero-order valence-electron chi connectivity index (χ0n) is 14.1. The van der Waals surface area contributed by atoms with Gasteiger partial charge < -0.3 is 19.9 Å². The highest BCUT2D eigenvalue weighted by Gasteiger charge is 2.26. The van der Waals surface area contributed by atoms with Crippen LogP contribution in [0.2, 0.25) is 0 Å². The number of aryl methyl sites for hydroxylation is 1. The fraction of sp³-hybridized carbons (Fsp3) is 0.625. The summed E-state index contributed by atoms with van der Waals surface area (Å²) < 4.78 is 5.42. The van der Waals surface area contributed by atoms with Crippen LogP contribution in [0.1, 0.15) is 26.5 Å². The first kappa shape index (κ1) is 16.4. The molecule has 0 atom stereocenters. The topological polar surface area (TPSA) is 57.7 Å². The summed E-state index contributed by atoms with van der Waals surface area (Å²) in [5, 5.41) is 3.04. The summed E-state index contributed by atoms with van der Waals surface area (Å²) in [4.78, 5) is 20.6. The van der Waals surface area contributed by atoms with Gasteiger partial charge in [0.2, 0.25) is 0 Å². The molecule has 1 aliphatic rings. The summed E-state index contributed by atoms with van der Waals surface area (Å²) in [5.74, 6) is 0.869. The minimum Gasteiger partial charge on any atom is -0.444 e. The maximum absolute atomic E-state index is 12.1. The molecule has 1 N–H and O–H groups in total. The lowest BCUT2D eigenvalue weighted by Gasteiger charge is -2.37. The molecule has 122 valence electrons. The number of ether oxygens (including phenoxy) is 1. The van der Waals surface area contributed by atoms with Gasteiger partial charge in [0.05, 0.1) is 11.4 Å². The summed E-state index contributed by atoms with van der Waals surface area (Å²) in [6.45, 7) is 10.6. The van der Waals surface area contributed by atoms with Crippen molar-refractivity contribution in [1.82, 2.24) is 9.88 Å². The molecule has 2 heterocycles. The number of carbonyl (C=O) groups excluding carboxylic acids is 1. The van der Waals surface area contributed by atoms with Crippen LogP contribution in [0.3, 0.4) is 0 Å². The molecule has 1 saturated heterocycles. The van der Waals surface area contributed by atoms with Gasteiger partial charge in [-0.25, -0.2) is 9.78 Å². The van der Waals surface area contributed by atoms with Crippen molar-refractivity contribution >= 4 is 17.6 Å². The highest BCUT2D eigenvalue weighted by Crippen LogP contribution is 2.22. The normalized spacial score (nSPS) is 15.7. The first-order valence-corrected chi connectivity index (χ1v) is 7.68. The Balaban J connectivity index is 1.96. The van der Waals surface area contributed by atoms with E-state index in [0.717, 1.165) is 30.3 Å². The lowest BCUT2D eigenvalue weighted by atomic mass is 10.2. The number of hydrogen-bond acceptors (Lipinski definition) is 5. The Kier molecular flexibility index (Phi) is 4.78. The molecule has 0 unspecified atom stereocenters. The molecule has 0 aliphatic carbocycles. The van der Waals surface area contributed by atoms with E-state index in [0.29, 0.717) is 13.1 Å². The fourth-order valence-corrected chi connectivity index (χ4v) is 2.48. The van der Waals surface area contributed by atoms with Crippen molar-refractivity contribution in [2.45, 2.75) is 33.3 Å². The summed E-state index contributed by atoms with van der Waals surface area (Å²) in [6.07, 6.45) is -0.229. The maximum atomic E-state index is 12.1. The molecular weight excluding hydrogens is 280 g/mol. The lowest BCUT2D eigenvalue weighted by molar-refractivity contribution is 0.0240. The zero-order valence-corrected chi connectivity index (χ0v) is 14.1. The maximum Gasteiger partial charge on any atom is 0.410 e. The van der Waals surface area contributed by atoms with E-state index in [4.69, 9.17) is 4.74 Å². The quantitative estimate of drug-likeness (QED) is 0.909. The van der Waals surface area contributed by atoms with Crippen molar-refractivity contribution < 1.29 is 9.53 Å². The summed E-state index contributed by atoms with van der Waals surface area (Å²) in [5.41, 5.74) is 1.68. The Morgan fingerprint density at radius 2 is 1.86 bits per heavy atom. The van der Waals surface area contributed by atoms with E-state index in [-0.39, 0.29) is 6.09 Å². The number of nitrogens with one attached hydrogen (secondary N) is 1. The van der Waals surface area contributed by atoms with E-state index < -0.39 is 5.60 Å². The Bertz CT molecular complexity index is 531. The van der Waals surface area contributed by atoms with Crippen LogP contribution in [0.15, 0.2) is 12.1 Å². The third kappa shape index (κ3) is 4.02. The minimum absolute atomic E-state index is 0.229. The first-order valence-electron chi connectivity index (χ1n) is 7.68. The van der Waals surface area contributed by atoms with Crippen LogP contribution in [0.25, 0.3) is 0 Å². The van der Waals surface area contributed by atoms with Gasteiger partial charge in [0.1, 0.15) is 11.4 Å². The largest absolute Gasteiger partial charge is 0.444 e. The summed E-state index contributed by atoms with van der Waals surface area (Å²) in [6, 6.07) is 4.06. The van der Waals surface area contributed by atoms with Crippen LogP contribution in [-0.2, 0) is 4.74 Å². The van der Waals surface area contributed by atoms with Crippen LogP contribution in [0.4, 0.5) is 16.3 Å². The number of nitrogens with zero attached hydrogens (tertiary/aromatic N) is 3. The van der Waals surface area contributed by atoms with E-state index in [9.17, 15) is 4.79 Å². The second-order valence-corrected chi connectivity index (χ2v) is 6.51. The Morgan fingerprint density at radius 1 is 1.23 bits per heavy atom. The van der Waals surface area contributed by atoms with Gasteiger partial charge in [-0.15, -0.1) is 0 Å². The Hall–Kier alpha value is -1.98. The number of hydrogen-bond donors (Lipinski definition) is 1. The monoisotopic (exact) mass is 306 g/mol. The van der Waals surface area contributed by atoms with Gasteiger partial charge in [-0.05, 0) is 39.8 Å². The molecule has 6 nitrogen and oxygen atoms in total. The van der Waals surface area contributed by atoms with Gasteiger partial charge in [0.25, 0.3) is 0 Å². The highest BCUT2D eigenvalue weighted by atomic mass is 16.6. The number of piperazine rings is 1. The Labute approximate surface area is 132 Å². The molecule has 0 aromatic carbocycles. The van der Waals surface area contributed by atoms with Gasteiger partial charge >= 0.3 is 6.09 Å². The van der Waals surface area contributed by atoms with Crippen LogP contribution in [-0.4, -0.2) is 54.8 Å². The molecule has 2 rings (SSSR count). The average Bonchev–Trinajstić information content (AvgIpc) is 2.45. The molecule has 1 aromatic rings. The van der Waals surface area contributed by atoms with Crippen LogP contribution < -0.4 is 10.2 Å². The molecule has 0 spiro atoms. The zero-order chi connectivity index (χ0) is 16.3. The van der Waals surface area contributed by atoms with E-state index in [2.05, 4.69) is 21.3 Å². The predicted molar refractivity (Wildman–Crippen MR) is 88.5 cm³/mol. The van der Waals surface area contributed by atoms with Gasteiger partial charge in [-0.3, -0.25) is 0 Å². The number of pyridine rings is 1. The lowest BCUT2D eigenvalue weighted by Crippen LogP contribution is -2.50. The second-order valence-electron chi connectivity index (χ2n) is 6.51. The van der Waals surface area contributed by atoms with Crippen LogP contribution >= 0.6 is 0 Å². The van der Waals surface area contributed by atoms with E-state index in [1.165, 1.54) is 0 Å². The number of aromatic nitrogens is 1. The molecule has 6 heteroatoms. The molecule has 1 aromatic heterocycles.